The van der Waals surface area contributed by atoms with Crippen LogP contribution in [-0.2, 0) is 0 Å². The molecule has 2 saturated heterocycles. The number of anilines is 2. The molecule has 28 heavy (non-hydrogen) atoms. The van der Waals surface area contributed by atoms with Crippen LogP contribution in [0, 0.1) is 5.41 Å². The van der Waals surface area contributed by atoms with Crippen molar-refractivity contribution < 1.29 is 9.59 Å². The molecule has 0 radical (unpaired) electrons. The van der Waals surface area contributed by atoms with Gasteiger partial charge in [0.25, 0.3) is 5.91 Å². The third-order valence-electron chi connectivity index (χ3n) is 5.86. The number of para-hydroxylation sites is 1. The summed E-state index contributed by atoms with van der Waals surface area (Å²) in [6.45, 7) is 3.82. The minimum absolute atomic E-state index is 0.0705. The monoisotopic (exact) mass is 378 g/mol. The molecule has 146 valence electrons. The maximum atomic E-state index is 12.8. The lowest BCUT2D eigenvalue weighted by atomic mass is 9.78. The van der Waals surface area contributed by atoms with Gasteiger partial charge < -0.3 is 20.9 Å². The topological polar surface area (TPSA) is 73.5 Å². The maximum Gasteiger partial charge on any atom is 0.323 e. The molecule has 0 aliphatic carbocycles. The van der Waals surface area contributed by atoms with Crippen molar-refractivity contribution in [1.29, 1.82) is 0 Å². The van der Waals surface area contributed by atoms with Crippen molar-refractivity contribution in [2.45, 2.75) is 19.3 Å². The van der Waals surface area contributed by atoms with Gasteiger partial charge in [0.15, 0.2) is 0 Å². The number of benzene rings is 2. The fraction of sp³-hybridized carbons (Fsp3) is 0.364. The molecule has 0 bridgehead atoms. The van der Waals surface area contributed by atoms with Crippen molar-refractivity contribution in [3.8, 4) is 0 Å². The Labute approximate surface area is 165 Å². The van der Waals surface area contributed by atoms with Crippen molar-refractivity contribution >= 4 is 23.3 Å². The second kappa shape index (κ2) is 8.02. The molecular formula is C22H26N4O2. The van der Waals surface area contributed by atoms with Crippen molar-refractivity contribution in [2.24, 2.45) is 5.41 Å². The van der Waals surface area contributed by atoms with Crippen molar-refractivity contribution in [3.63, 3.8) is 0 Å². The first-order chi connectivity index (χ1) is 13.6. The lowest BCUT2D eigenvalue weighted by Crippen LogP contribution is -2.44. The van der Waals surface area contributed by atoms with Gasteiger partial charge in [-0.15, -0.1) is 0 Å². The highest BCUT2D eigenvalue weighted by Crippen LogP contribution is 2.37. The Kier molecular flexibility index (Phi) is 5.30. The number of hydrogen-bond acceptors (Lipinski definition) is 3. The number of likely N-dealkylation sites (tertiary alicyclic amines) is 1. The van der Waals surface area contributed by atoms with Gasteiger partial charge in [-0.2, -0.15) is 0 Å². The molecule has 4 rings (SSSR count). The first kappa shape index (κ1) is 18.5. The Morgan fingerprint density at radius 1 is 0.857 bits per heavy atom. The Bertz CT molecular complexity index is 819. The van der Waals surface area contributed by atoms with Crippen LogP contribution in [0.5, 0.6) is 0 Å². The van der Waals surface area contributed by atoms with Gasteiger partial charge in [-0.1, -0.05) is 18.2 Å². The van der Waals surface area contributed by atoms with E-state index in [1.54, 1.807) is 24.3 Å². The van der Waals surface area contributed by atoms with Gasteiger partial charge >= 0.3 is 6.03 Å². The number of urea groups is 1. The second-order valence-corrected chi connectivity index (χ2v) is 7.74. The summed E-state index contributed by atoms with van der Waals surface area (Å²) in [7, 11) is 0. The molecule has 2 aliphatic rings. The average Bonchev–Trinajstić information content (AvgIpc) is 3.17. The number of hydrogen-bond donors (Lipinski definition) is 3. The van der Waals surface area contributed by atoms with Crippen molar-refractivity contribution in [3.05, 3.63) is 60.2 Å². The summed E-state index contributed by atoms with van der Waals surface area (Å²) in [4.78, 5) is 26.8. The van der Waals surface area contributed by atoms with Gasteiger partial charge in [-0.3, -0.25) is 4.79 Å². The van der Waals surface area contributed by atoms with E-state index < -0.39 is 0 Å². The van der Waals surface area contributed by atoms with Crippen LogP contribution in [0.25, 0.3) is 0 Å². The molecule has 2 aromatic carbocycles. The SMILES string of the molecule is O=C(Nc1ccccc1)Nc1ccc(C(=O)N2CCC3(CCNC3)CC2)cc1. The van der Waals surface area contributed by atoms with Crippen LogP contribution in [0.1, 0.15) is 29.6 Å². The number of nitrogens with zero attached hydrogens (tertiary/aromatic N) is 1. The third-order valence-corrected chi connectivity index (χ3v) is 5.86. The lowest BCUT2D eigenvalue weighted by molar-refractivity contribution is 0.0607. The standard InChI is InChI=1S/C22H26N4O2/c27-20(26-14-11-22(12-15-26)10-13-23-16-22)17-6-8-19(9-7-17)25-21(28)24-18-4-2-1-3-5-18/h1-9,23H,10-16H2,(H2,24,25,28). The fourth-order valence-electron chi connectivity index (χ4n) is 4.10. The summed E-state index contributed by atoms with van der Waals surface area (Å²) in [6.07, 6.45) is 3.37. The van der Waals surface area contributed by atoms with Crippen LogP contribution in [0.15, 0.2) is 54.6 Å². The quantitative estimate of drug-likeness (QED) is 0.765. The molecule has 1 spiro atoms. The second-order valence-electron chi connectivity index (χ2n) is 7.74. The normalized spacial score (nSPS) is 18.1. The minimum atomic E-state index is -0.309. The zero-order chi connectivity index (χ0) is 19.4. The van der Waals surface area contributed by atoms with Gasteiger partial charge in [-0.05, 0) is 67.6 Å². The minimum Gasteiger partial charge on any atom is -0.339 e. The van der Waals surface area contributed by atoms with Crippen LogP contribution in [0.3, 0.4) is 0 Å². The molecular weight excluding hydrogens is 352 g/mol. The average molecular weight is 378 g/mol. The van der Waals surface area contributed by atoms with Gasteiger partial charge in [-0.25, -0.2) is 4.79 Å². The molecule has 2 heterocycles. The zero-order valence-corrected chi connectivity index (χ0v) is 15.9. The zero-order valence-electron chi connectivity index (χ0n) is 15.9. The van der Waals surface area contributed by atoms with Crippen LogP contribution < -0.4 is 16.0 Å². The summed E-state index contributed by atoms with van der Waals surface area (Å²) >= 11 is 0. The van der Waals surface area contributed by atoms with Gasteiger partial charge in [0.2, 0.25) is 0 Å². The smallest absolute Gasteiger partial charge is 0.323 e. The summed E-state index contributed by atoms with van der Waals surface area (Å²) in [5.74, 6) is 0.0705. The molecule has 0 unspecified atom stereocenters. The highest BCUT2D eigenvalue weighted by molar-refractivity contribution is 6.00. The molecule has 0 atom stereocenters. The van der Waals surface area contributed by atoms with E-state index in [2.05, 4.69) is 16.0 Å². The lowest BCUT2D eigenvalue weighted by Gasteiger charge is -2.38. The van der Waals surface area contributed by atoms with E-state index in [0.717, 1.165) is 44.7 Å². The summed E-state index contributed by atoms with van der Waals surface area (Å²) < 4.78 is 0. The predicted molar refractivity (Wildman–Crippen MR) is 111 cm³/mol. The van der Waals surface area contributed by atoms with E-state index in [1.165, 1.54) is 6.42 Å². The molecule has 3 N–H and O–H groups in total. The van der Waals surface area contributed by atoms with Gasteiger partial charge in [0, 0.05) is 36.6 Å². The predicted octanol–water partition coefficient (Wildman–Crippen LogP) is 3.55. The molecule has 6 nitrogen and oxygen atoms in total. The molecule has 2 aromatic rings. The number of amides is 3. The first-order valence-corrected chi connectivity index (χ1v) is 9.87. The fourth-order valence-corrected chi connectivity index (χ4v) is 4.10. The van der Waals surface area contributed by atoms with E-state index in [1.807, 2.05) is 35.2 Å². The third kappa shape index (κ3) is 4.17. The number of carbonyl (C=O) groups is 2. The van der Waals surface area contributed by atoms with Crippen LogP contribution in [0.2, 0.25) is 0 Å². The van der Waals surface area contributed by atoms with Crippen LogP contribution in [-0.4, -0.2) is 43.0 Å². The van der Waals surface area contributed by atoms with Crippen LogP contribution in [0.4, 0.5) is 16.2 Å². The van der Waals surface area contributed by atoms with Crippen LogP contribution >= 0.6 is 0 Å². The molecule has 6 heteroatoms. The van der Waals surface area contributed by atoms with E-state index in [-0.39, 0.29) is 11.9 Å². The summed E-state index contributed by atoms with van der Waals surface area (Å²) in [6, 6.07) is 16.1. The van der Waals surface area contributed by atoms with E-state index >= 15 is 0 Å². The highest BCUT2D eigenvalue weighted by atomic mass is 16.2. The number of rotatable bonds is 3. The van der Waals surface area contributed by atoms with Crippen molar-refractivity contribution in [2.75, 3.05) is 36.8 Å². The Hall–Kier alpha value is -2.86. The highest BCUT2D eigenvalue weighted by Gasteiger charge is 2.38. The molecule has 3 amide bonds. The number of piperidine rings is 1. The number of nitrogens with one attached hydrogen (secondary N) is 3. The Balaban J connectivity index is 1.31. The Morgan fingerprint density at radius 2 is 1.50 bits per heavy atom. The molecule has 2 fully saturated rings. The molecule has 2 aliphatic heterocycles. The molecule has 0 aromatic heterocycles. The maximum absolute atomic E-state index is 12.8. The number of carbonyl (C=O) groups excluding carboxylic acids is 2. The summed E-state index contributed by atoms with van der Waals surface area (Å²) in [5.41, 5.74) is 2.44. The first-order valence-electron chi connectivity index (χ1n) is 9.87. The summed E-state index contributed by atoms with van der Waals surface area (Å²) in [5, 5.41) is 9.01. The largest absolute Gasteiger partial charge is 0.339 e. The van der Waals surface area contributed by atoms with E-state index in [4.69, 9.17) is 0 Å². The Morgan fingerprint density at radius 3 is 2.11 bits per heavy atom. The molecule has 0 saturated carbocycles. The van der Waals surface area contributed by atoms with E-state index in [0.29, 0.717) is 16.7 Å². The van der Waals surface area contributed by atoms with E-state index in [9.17, 15) is 9.59 Å². The van der Waals surface area contributed by atoms with Gasteiger partial charge in [0.05, 0.1) is 0 Å². The van der Waals surface area contributed by atoms with Gasteiger partial charge in [0.1, 0.15) is 0 Å². The van der Waals surface area contributed by atoms with Crippen molar-refractivity contribution in [1.82, 2.24) is 10.2 Å².